The fourth-order valence-electron chi connectivity index (χ4n) is 1.21. The first kappa shape index (κ1) is 8.02. The molecule has 0 bridgehead atoms. The van der Waals surface area contributed by atoms with Gasteiger partial charge in [-0.15, -0.1) is 0 Å². The molecule has 0 aromatic heterocycles. The van der Waals surface area contributed by atoms with Crippen LogP contribution < -0.4 is 0 Å². The minimum absolute atomic E-state index is 0.257. The van der Waals surface area contributed by atoms with E-state index < -0.39 is 0 Å². The Bertz CT molecular complexity index is 89.9. The van der Waals surface area contributed by atoms with E-state index in [0.717, 1.165) is 26.1 Å². The second kappa shape index (κ2) is 3.35. The van der Waals surface area contributed by atoms with Crippen LogP contribution in [-0.2, 0) is 9.47 Å². The third-order valence-corrected chi connectivity index (χ3v) is 2.13. The summed E-state index contributed by atoms with van der Waals surface area (Å²) in [5.41, 5.74) is 0.257. The smallest absolute Gasteiger partial charge is 0.115 e. The molecule has 1 heterocycles. The normalized spacial score (nSPS) is 24.6. The lowest BCUT2D eigenvalue weighted by atomic mass is 9.83. The van der Waals surface area contributed by atoms with Crippen molar-refractivity contribution in [1.29, 1.82) is 0 Å². The fourth-order valence-corrected chi connectivity index (χ4v) is 1.21. The van der Waals surface area contributed by atoms with Crippen LogP contribution in [0.1, 0.15) is 19.8 Å². The Balaban J connectivity index is 2.32. The fraction of sp³-hybridized carbons (Fsp3) is 0.875. The second-order valence-corrected chi connectivity index (χ2v) is 3.23. The third-order valence-electron chi connectivity index (χ3n) is 2.13. The van der Waals surface area contributed by atoms with E-state index in [1.165, 1.54) is 0 Å². The topological polar surface area (TPSA) is 18.5 Å². The molecule has 1 saturated heterocycles. The highest BCUT2D eigenvalue weighted by Crippen LogP contribution is 2.29. The molecule has 0 unspecified atom stereocenters. The summed E-state index contributed by atoms with van der Waals surface area (Å²) in [6.07, 6.45) is 2.12. The number of hydrogen-bond donors (Lipinski definition) is 0. The molecule has 0 spiro atoms. The average Bonchev–Trinajstić information content (AvgIpc) is 1.89. The zero-order valence-electron chi connectivity index (χ0n) is 6.43. The molecule has 1 fully saturated rings. The largest absolute Gasteiger partial charge is 0.381 e. The molecule has 0 atom stereocenters. The summed E-state index contributed by atoms with van der Waals surface area (Å²) in [4.78, 5) is 0. The summed E-state index contributed by atoms with van der Waals surface area (Å²) in [6.45, 7) is 4.53. The van der Waals surface area contributed by atoms with Crippen molar-refractivity contribution in [2.45, 2.75) is 19.8 Å². The van der Waals surface area contributed by atoms with Gasteiger partial charge in [0.15, 0.2) is 0 Å². The highest BCUT2D eigenvalue weighted by Gasteiger charge is 2.26. The van der Waals surface area contributed by atoms with E-state index in [1.807, 2.05) is 0 Å². The maximum atomic E-state index is 5.21. The number of hydrogen-bond acceptors (Lipinski definition) is 2. The van der Waals surface area contributed by atoms with Gasteiger partial charge in [0, 0.05) is 13.2 Å². The Morgan fingerprint density at radius 1 is 1.50 bits per heavy atom. The van der Waals surface area contributed by atoms with Crippen molar-refractivity contribution in [1.82, 2.24) is 0 Å². The molecular weight excluding hydrogens is 128 g/mol. The minimum Gasteiger partial charge on any atom is -0.381 e. The molecule has 2 nitrogen and oxygen atoms in total. The molecular formula is C8H14O2. The molecule has 0 saturated carbocycles. The Hall–Kier alpha value is -0.0800. The molecule has 0 aliphatic carbocycles. The van der Waals surface area contributed by atoms with Crippen molar-refractivity contribution in [3.63, 3.8) is 0 Å². The van der Waals surface area contributed by atoms with Crippen molar-refractivity contribution in [2.75, 3.05) is 19.8 Å². The number of ether oxygens (including phenoxy) is 2. The van der Waals surface area contributed by atoms with E-state index in [9.17, 15) is 0 Å². The summed E-state index contributed by atoms with van der Waals surface area (Å²) < 4.78 is 9.84. The van der Waals surface area contributed by atoms with Gasteiger partial charge in [-0.25, -0.2) is 0 Å². The number of rotatable bonds is 2. The van der Waals surface area contributed by atoms with E-state index in [2.05, 4.69) is 11.7 Å². The Morgan fingerprint density at radius 2 is 2.10 bits per heavy atom. The van der Waals surface area contributed by atoms with Crippen LogP contribution in [0, 0.1) is 12.5 Å². The summed E-state index contributed by atoms with van der Waals surface area (Å²) in [5.74, 6) is 0. The van der Waals surface area contributed by atoms with Gasteiger partial charge in [-0.2, -0.15) is 0 Å². The van der Waals surface area contributed by atoms with Crippen molar-refractivity contribution in [2.24, 2.45) is 5.41 Å². The molecule has 2 radical (unpaired) electrons. The van der Waals surface area contributed by atoms with Gasteiger partial charge < -0.3 is 9.47 Å². The summed E-state index contributed by atoms with van der Waals surface area (Å²) in [5, 5.41) is 0. The van der Waals surface area contributed by atoms with Gasteiger partial charge in [0.1, 0.15) is 7.11 Å². The predicted molar refractivity (Wildman–Crippen MR) is 38.4 cm³/mol. The lowest BCUT2D eigenvalue weighted by Crippen LogP contribution is -2.30. The monoisotopic (exact) mass is 142 g/mol. The van der Waals surface area contributed by atoms with Crippen molar-refractivity contribution >= 4 is 0 Å². The molecule has 0 aromatic carbocycles. The van der Waals surface area contributed by atoms with E-state index in [0.29, 0.717) is 6.61 Å². The van der Waals surface area contributed by atoms with Crippen LogP contribution in [0.5, 0.6) is 0 Å². The second-order valence-electron chi connectivity index (χ2n) is 3.23. The highest BCUT2D eigenvalue weighted by molar-refractivity contribution is 4.76. The maximum Gasteiger partial charge on any atom is 0.115 e. The van der Waals surface area contributed by atoms with Gasteiger partial charge in [0.05, 0.1) is 6.61 Å². The SMILES string of the molecule is [CH]OCC1(C)CCOCC1. The summed E-state index contributed by atoms with van der Waals surface area (Å²) in [7, 11) is 5.00. The van der Waals surface area contributed by atoms with E-state index in [1.54, 1.807) is 0 Å². The van der Waals surface area contributed by atoms with Gasteiger partial charge in [0.25, 0.3) is 0 Å². The molecule has 1 aliphatic rings. The minimum atomic E-state index is 0.257. The van der Waals surface area contributed by atoms with Gasteiger partial charge >= 0.3 is 0 Å². The molecule has 0 N–H and O–H groups in total. The standard InChI is InChI=1S/C8H14O2/c1-8(7-9-2)3-5-10-6-4-8/h2H,3-7H2,1H3. The lowest BCUT2D eigenvalue weighted by Gasteiger charge is -2.32. The van der Waals surface area contributed by atoms with Gasteiger partial charge in [-0.1, -0.05) is 6.92 Å². The Labute approximate surface area is 62.5 Å². The lowest BCUT2D eigenvalue weighted by molar-refractivity contribution is -0.0103. The zero-order chi connectivity index (χ0) is 7.45. The molecule has 58 valence electrons. The van der Waals surface area contributed by atoms with Crippen molar-refractivity contribution < 1.29 is 9.47 Å². The van der Waals surface area contributed by atoms with Gasteiger partial charge in [-0.3, -0.25) is 0 Å². The van der Waals surface area contributed by atoms with Crippen molar-refractivity contribution in [3.05, 3.63) is 7.11 Å². The Kier molecular flexibility index (Phi) is 2.69. The summed E-state index contributed by atoms with van der Waals surface area (Å²) in [6, 6.07) is 0. The van der Waals surface area contributed by atoms with Crippen molar-refractivity contribution in [3.8, 4) is 0 Å². The molecule has 1 aliphatic heterocycles. The van der Waals surface area contributed by atoms with Gasteiger partial charge in [0.2, 0.25) is 0 Å². The molecule has 10 heavy (non-hydrogen) atoms. The molecule has 1 rings (SSSR count). The van der Waals surface area contributed by atoms with Crippen LogP contribution in [0.3, 0.4) is 0 Å². The van der Waals surface area contributed by atoms with Crippen LogP contribution >= 0.6 is 0 Å². The molecule has 0 amide bonds. The van der Waals surface area contributed by atoms with E-state index in [-0.39, 0.29) is 5.41 Å². The highest BCUT2D eigenvalue weighted by atomic mass is 16.5. The Morgan fingerprint density at radius 3 is 2.60 bits per heavy atom. The van der Waals surface area contributed by atoms with Gasteiger partial charge in [-0.05, 0) is 18.3 Å². The van der Waals surface area contributed by atoms with Crippen LogP contribution in [0.4, 0.5) is 0 Å². The van der Waals surface area contributed by atoms with Crippen LogP contribution in [-0.4, -0.2) is 19.8 Å². The third kappa shape index (κ3) is 1.96. The predicted octanol–water partition coefficient (Wildman–Crippen LogP) is 1.49. The van der Waals surface area contributed by atoms with E-state index in [4.69, 9.17) is 11.8 Å². The molecule has 0 aromatic rings. The first-order valence-corrected chi connectivity index (χ1v) is 3.66. The quantitative estimate of drug-likeness (QED) is 0.581. The average molecular weight is 142 g/mol. The maximum absolute atomic E-state index is 5.21. The van der Waals surface area contributed by atoms with Crippen LogP contribution in [0.25, 0.3) is 0 Å². The first-order valence-electron chi connectivity index (χ1n) is 3.66. The first-order chi connectivity index (χ1) is 4.77. The zero-order valence-corrected chi connectivity index (χ0v) is 6.43. The summed E-state index contributed by atoms with van der Waals surface area (Å²) >= 11 is 0. The van der Waals surface area contributed by atoms with E-state index >= 15 is 0 Å². The molecule has 2 heteroatoms. The van der Waals surface area contributed by atoms with Crippen LogP contribution in [0.15, 0.2) is 0 Å². The van der Waals surface area contributed by atoms with Crippen LogP contribution in [0.2, 0.25) is 0 Å².